The van der Waals surface area contributed by atoms with Gasteiger partial charge in [0.1, 0.15) is 13.2 Å². The summed E-state index contributed by atoms with van der Waals surface area (Å²) in [6.07, 6.45) is 1.74. The van der Waals surface area contributed by atoms with E-state index in [0.717, 1.165) is 11.1 Å². The molecule has 0 saturated carbocycles. The molecule has 0 aliphatic carbocycles. The number of benzene rings is 2. The van der Waals surface area contributed by atoms with Crippen molar-refractivity contribution < 1.29 is 9.47 Å². The van der Waals surface area contributed by atoms with E-state index in [1.165, 1.54) is 0 Å². The van der Waals surface area contributed by atoms with Crippen molar-refractivity contribution in [1.29, 1.82) is 0 Å². The fraction of sp³-hybridized carbons (Fsp3) is 0.158. The number of nitrogens with zero attached hydrogens (tertiary/aromatic N) is 1. The maximum atomic E-state index is 12.3. The first kappa shape index (κ1) is 15.7. The van der Waals surface area contributed by atoms with Crippen LogP contribution in [0.4, 0.5) is 0 Å². The average Bonchev–Trinajstić information content (AvgIpc) is 2.62. The van der Waals surface area contributed by atoms with Crippen LogP contribution in [0.25, 0.3) is 22.0 Å². The Kier molecular flexibility index (Phi) is 3.93. The molecule has 0 radical (unpaired) electrons. The minimum Gasteiger partial charge on any atom is -0.486 e. The predicted molar refractivity (Wildman–Crippen MR) is 98.3 cm³/mol. The van der Waals surface area contributed by atoms with Crippen molar-refractivity contribution >= 4 is 33.6 Å². The summed E-state index contributed by atoms with van der Waals surface area (Å²) in [5.41, 5.74) is 2.20. The van der Waals surface area contributed by atoms with E-state index in [4.69, 9.17) is 21.1 Å². The summed E-state index contributed by atoms with van der Waals surface area (Å²) in [5.74, 6) is 1.73. The molecule has 2 aromatic carbocycles. The highest BCUT2D eigenvalue weighted by molar-refractivity contribution is 6.50. The van der Waals surface area contributed by atoms with Crippen LogP contribution in [-0.4, -0.2) is 23.2 Å². The third-order valence-corrected chi connectivity index (χ3v) is 4.31. The average molecular weight is 355 g/mol. The smallest absolute Gasteiger partial charge is 0.259 e. The molecule has 25 heavy (non-hydrogen) atoms. The van der Waals surface area contributed by atoms with Crippen LogP contribution in [-0.2, 0) is 0 Å². The number of fused-ring (bicyclic) bond motifs is 2. The zero-order chi connectivity index (χ0) is 17.4. The molecule has 0 fully saturated rings. The molecule has 0 unspecified atom stereocenters. The summed E-state index contributed by atoms with van der Waals surface area (Å²) in [5, 5.41) is 0.895. The van der Waals surface area contributed by atoms with Gasteiger partial charge in [0.25, 0.3) is 5.56 Å². The molecule has 4 rings (SSSR count). The van der Waals surface area contributed by atoms with Crippen molar-refractivity contribution in [3.63, 3.8) is 0 Å². The van der Waals surface area contributed by atoms with Gasteiger partial charge in [0.05, 0.1) is 15.9 Å². The van der Waals surface area contributed by atoms with E-state index in [-0.39, 0.29) is 5.56 Å². The number of aromatic nitrogens is 2. The minimum atomic E-state index is -0.211. The summed E-state index contributed by atoms with van der Waals surface area (Å²) in [6.45, 7) is 2.98. The lowest BCUT2D eigenvalue weighted by Gasteiger charge is -2.18. The number of aromatic amines is 1. The number of halogens is 1. The fourth-order valence-corrected chi connectivity index (χ4v) is 3.00. The molecule has 126 valence electrons. The number of rotatable bonds is 2. The Labute approximate surface area is 148 Å². The molecule has 2 heterocycles. The quantitative estimate of drug-likeness (QED) is 0.761. The molecular formula is C19H15ClN2O3. The maximum Gasteiger partial charge on any atom is 0.259 e. The van der Waals surface area contributed by atoms with Gasteiger partial charge in [-0.3, -0.25) is 4.79 Å². The SMILES string of the molecule is Cc1cccc2c(=O)[nH]c(/C(Cl)=C/c3ccc4c(c3)OCCO4)nc12. The van der Waals surface area contributed by atoms with Crippen molar-refractivity contribution in [2.45, 2.75) is 6.92 Å². The molecule has 1 aromatic heterocycles. The molecule has 1 aliphatic heterocycles. The Bertz CT molecular complexity index is 1060. The third kappa shape index (κ3) is 2.98. The fourth-order valence-electron chi connectivity index (χ4n) is 2.78. The van der Waals surface area contributed by atoms with E-state index in [1.54, 1.807) is 12.1 Å². The Morgan fingerprint density at radius 1 is 1.20 bits per heavy atom. The first-order chi connectivity index (χ1) is 12.1. The van der Waals surface area contributed by atoms with Crippen LogP contribution < -0.4 is 15.0 Å². The molecule has 1 N–H and O–H groups in total. The molecule has 0 saturated heterocycles. The monoisotopic (exact) mass is 354 g/mol. The number of aryl methyl sites for hydroxylation is 1. The molecule has 6 heteroatoms. The van der Waals surface area contributed by atoms with Crippen LogP contribution in [0.5, 0.6) is 11.5 Å². The van der Waals surface area contributed by atoms with Crippen LogP contribution in [0.1, 0.15) is 17.0 Å². The summed E-state index contributed by atoms with van der Waals surface area (Å²) in [6, 6.07) is 11.1. The number of hydrogen-bond acceptors (Lipinski definition) is 4. The number of para-hydroxylation sites is 1. The number of ether oxygens (including phenoxy) is 2. The van der Waals surface area contributed by atoms with E-state index in [0.29, 0.717) is 46.5 Å². The van der Waals surface area contributed by atoms with Gasteiger partial charge in [0.15, 0.2) is 17.3 Å². The Balaban J connectivity index is 1.77. The molecule has 3 aromatic rings. The van der Waals surface area contributed by atoms with Crippen molar-refractivity contribution in [3.05, 3.63) is 63.7 Å². The molecule has 1 aliphatic rings. The summed E-state index contributed by atoms with van der Waals surface area (Å²) in [4.78, 5) is 19.5. The summed E-state index contributed by atoms with van der Waals surface area (Å²) >= 11 is 6.41. The van der Waals surface area contributed by atoms with Gasteiger partial charge in [-0.2, -0.15) is 0 Å². The highest BCUT2D eigenvalue weighted by Crippen LogP contribution is 2.32. The second-order valence-electron chi connectivity index (χ2n) is 5.78. The summed E-state index contributed by atoms with van der Waals surface area (Å²) < 4.78 is 11.1. The Morgan fingerprint density at radius 3 is 2.84 bits per heavy atom. The van der Waals surface area contributed by atoms with Gasteiger partial charge in [-0.25, -0.2) is 4.98 Å². The van der Waals surface area contributed by atoms with Crippen LogP contribution in [0.2, 0.25) is 0 Å². The second-order valence-corrected chi connectivity index (χ2v) is 6.19. The van der Waals surface area contributed by atoms with Gasteiger partial charge < -0.3 is 14.5 Å². The lowest BCUT2D eigenvalue weighted by Crippen LogP contribution is -2.15. The molecular weight excluding hydrogens is 340 g/mol. The Morgan fingerprint density at radius 2 is 2.00 bits per heavy atom. The van der Waals surface area contributed by atoms with Crippen molar-refractivity contribution in [2.24, 2.45) is 0 Å². The van der Waals surface area contributed by atoms with E-state index in [1.807, 2.05) is 37.3 Å². The zero-order valence-electron chi connectivity index (χ0n) is 13.5. The standard InChI is InChI=1S/C19H15ClN2O3/c1-11-3-2-4-13-17(11)21-18(22-19(13)23)14(20)9-12-5-6-15-16(10-12)25-8-7-24-15/h2-6,9-10H,7-8H2,1H3,(H,21,22,23)/b14-9-. The number of hydrogen-bond donors (Lipinski definition) is 1. The van der Waals surface area contributed by atoms with Crippen molar-refractivity contribution in [3.8, 4) is 11.5 Å². The van der Waals surface area contributed by atoms with Gasteiger partial charge in [-0.15, -0.1) is 0 Å². The topological polar surface area (TPSA) is 64.2 Å². The van der Waals surface area contributed by atoms with E-state index in [9.17, 15) is 4.79 Å². The number of nitrogens with one attached hydrogen (secondary N) is 1. The maximum absolute atomic E-state index is 12.3. The largest absolute Gasteiger partial charge is 0.486 e. The van der Waals surface area contributed by atoms with Gasteiger partial charge >= 0.3 is 0 Å². The van der Waals surface area contributed by atoms with Crippen LogP contribution in [0.15, 0.2) is 41.2 Å². The van der Waals surface area contributed by atoms with E-state index >= 15 is 0 Å². The summed E-state index contributed by atoms with van der Waals surface area (Å²) in [7, 11) is 0. The minimum absolute atomic E-state index is 0.211. The normalized spacial score (nSPS) is 13.9. The van der Waals surface area contributed by atoms with Crippen LogP contribution in [0.3, 0.4) is 0 Å². The third-order valence-electron chi connectivity index (χ3n) is 4.02. The predicted octanol–water partition coefficient (Wildman–Crippen LogP) is 3.74. The zero-order valence-corrected chi connectivity index (χ0v) is 14.3. The van der Waals surface area contributed by atoms with Crippen molar-refractivity contribution in [2.75, 3.05) is 13.2 Å². The lowest BCUT2D eigenvalue weighted by atomic mass is 10.1. The lowest BCUT2D eigenvalue weighted by molar-refractivity contribution is 0.171. The molecule has 0 bridgehead atoms. The Hall–Kier alpha value is -2.79. The molecule has 0 spiro atoms. The van der Waals surface area contributed by atoms with Gasteiger partial charge in [0, 0.05) is 0 Å². The van der Waals surface area contributed by atoms with Crippen LogP contribution in [0, 0.1) is 6.92 Å². The highest BCUT2D eigenvalue weighted by atomic mass is 35.5. The molecule has 0 atom stereocenters. The van der Waals surface area contributed by atoms with Gasteiger partial charge in [-0.1, -0.05) is 29.8 Å². The van der Waals surface area contributed by atoms with E-state index in [2.05, 4.69) is 9.97 Å². The highest BCUT2D eigenvalue weighted by Gasteiger charge is 2.12. The molecule has 0 amide bonds. The van der Waals surface area contributed by atoms with Gasteiger partial charge in [-0.05, 0) is 42.3 Å². The first-order valence-electron chi connectivity index (χ1n) is 7.89. The van der Waals surface area contributed by atoms with Crippen LogP contribution >= 0.6 is 11.6 Å². The molecule has 5 nitrogen and oxygen atoms in total. The second kappa shape index (κ2) is 6.26. The number of H-pyrrole nitrogens is 1. The van der Waals surface area contributed by atoms with Crippen molar-refractivity contribution in [1.82, 2.24) is 9.97 Å². The van der Waals surface area contributed by atoms with E-state index < -0.39 is 0 Å². The van der Waals surface area contributed by atoms with Gasteiger partial charge in [0.2, 0.25) is 0 Å². The first-order valence-corrected chi connectivity index (χ1v) is 8.26.